The predicted molar refractivity (Wildman–Crippen MR) is 125 cm³/mol. The second-order valence-corrected chi connectivity index (χ2v) is 8.39. The summed E-state index contributed by atoms with van der Waals surface area (Å²) >= 11 is 1.63. The number of rotatable bonds is 8. The average Bonchev–Trinajstić information content (AvgIpc) is 3.45. The van der Waals surface area contributed by atoms with Gasteiger partial charge in [0.05, 0.1) is 37.5 Å². The number of amides is 1. The molecular weight excluding hydrogens is 460 g/mol. The molecule has 10 heteroatoms. The van der Waals surface area contributed by atoms with Gasteiger partial charge in [-0.15, -0.1) is 11.3 Å². The van der Waals surface area contributed by atoms with Crippen LogP contribution in [-0.2, 0) is 25.5 Å². The minimum Gasteiger partial charge on any atom is -0.465 e. The molecule has 0 aliphatic heterocycles. The third-order valence-electron chi connectivity index (χ3n) is 5.08. The molecule has 0 aliphatic carbocycles. The normalized spacial score (nSPS) is 10.5. The predicted octanol–water partition coefficient (Wildman–Crippen LogP) is 3.58. The Morgan fingerprint density at radius 2 is 1.59 bits per heavy atom. The number of aromatic nitrogens is 1. The number of benzene rings is 1. The van der Waals surface area contributed by atoms with E-state index in [1.165, 1.54) is 32.4 Å². The number of anilines is 1. The number of carbonyl (C=O) groups is 4. The zero-order valence-corrected chi connectivity index (χ0v) is 20.0. The van der Waals surface area contributed by atoms with Crippen LogP contribution >= 0.6 is 11.3 Å². The number of carbonyl (C=O) groups excluding carboxylic acids is 4. The Kier molecular flexibility index (Phi) is 7.85. The lowest BCUT2D eigenvalue weighted by Gasteiger charge is -2.10. The molecule has 1 aromatic carbocycles. The molecule has 0 saturated carbocycles. The molecule has 0 aliphatic rings. The highest BCUT2D eigenvalue weighted by atomic mass is 32.1. The molecule has 0 atom stereocenters. The van der Waals surface area contributed by atoms with Crippen molar-refractivity contribution in [2.75, 3.05) is 26.1 Å². The molecule has 1 N–H and O–H groups in total. The summed E-state index contributed by atoms with van der Waals surface area (Å²) in [4.78, 5) is 49.9. The number of thiophene rings is 1. The maximum atomic E-state index is 12.6. The largest absolute Gasteiger partial charge is 0.465 e. The highest BCUT2D eigenvalue weighted by Gasteiger charge is 2.19. The molecule has 0 bridgehead atoms. The number of hydrogen-bond acceptors (Lipinski definition) is 8. The molecular formula is C24H24N2O7S. The molecule has 0 radical (unpaired) electrons. The van der Waals surface area contributed by atoms with E-state index in [9.17, 15) is 19.2 Å². The quantitative estimate of drug-likeness (QED) is 0.384. The Labute approximate surface area is 200 Å². The van der Waals surface area contributed by atoms with Crippen molar-refractivity contribution in [1.29, 1.82) is 0 Å². The monoisotopic (exact) mass is 484 g/mol. The zero-order chi connectivity index (χ0) is 24.8. The molecule has 9 nitrogen and oxygen atoms in total. The summed E-state index contributed by atoms with van der Waals surface area (Å²) in [5.41, 5.74) is 2.27. The summed E-state index contributed by atoms with van der Waals surface area (Å²) in [6.45, 7) is 3.81. The van der Waals surface area contributed by atoms with Gasteiger partial charge in [-0.1, -0.05) is 6.07 Å². The van der Waals surface area contributed by atoms with Crippen molar-refractivity contribution in [3.63, 3.8) is 0 Å². The van der Waals surface area contributed by atoms with E-state index in [0.29, 0.717) is 12.1 Å². The van der Waals surface area contributed by atoms with E-state index in [1.807, 2.05) is 35.9 Å². The number of hydrogen-bond donors (Lipinski definition) is 1. The molecule has 1 amide bonds. The van der Waals surface area contributed by atoms with Crippen molar-refractivity contribution < 1.29 is 33.4 Å². The molecule has 3 aromatic rings. The van der Waals surface area contributed by atoms with Gasteiger partial charge in [0.1, 0.15) is 0 Å². The van der Waals surface area contributed by atoms with E-state index >= 15 is 0 Å². The van der Waals surface area contributed by atoms with Crippen molar-refractivity contribution in [3.8, 4) is 0 Å². The fourth-order valence-electron chi connectivity index (χ4n) is 3.39. The van der Waals surface area contributed by atoms with Crippen molar-refractivity contribution in [1.82, 2.24) is 4.57 Å². The first-order valence-corrected chi connectivity index (χ1v) is 11.1. The first kappa shape index (κ1) is 24.7. The van der Waals surface area contributed by atoms with E-state index in [0.717, 1.165) is 16.3 Å². The Morgan fingerprint density at radius 3 is 2.15 bits per heavy atom. The molecule has 0 saturated heterocycles. The number of nitrogens with one attached hydrogen (secondary N) is 1. The molecule has 2 aromatic heterocycles. The van der Waals surface area contributed by atoms with Crippen LogP contribution in [-0.4, -0.2) is 49.2 Å². The van der Waals surface area contributed by atoms with Gasteiger partial charge in [0, 0.05) is 22.0 Å². The molecule has 34 heavy (non-hydrogen) atoms. The Morgan fingerprint density at radius 1 is 0.941 bits per heavy atom. The zero-order valence-electron chi connectivity index (χ0n) is 19.2. The van der Waals surface area contributed by atoms with Crippen molar-refractivity contribution in [3.05, 3.63) is 74.7 Å². The summed E-state index contributed by atoms with van der Waals surface area (Å²) in [5.74, 6) is -2.64. The first-order chi connectivity index (χ1) is 16.2. The van der Waals surface area contributed by atoms with Crippen LogP contribution in [0.25, 0.3) is 0 Å². The fourth-order valence-corrected chi connectivity index (χ4v) is 4.08. The van der Waals surface area contributed by atoms with Crippen LogP contribution in [0.5, 0.6) is 0 Å². The van der Waals surface area contributed by atoms with Gasteiger partial charge >= 0.3 is 17.9 Å². The first-order valence-electron chi connectivity index (χ1n) is 10.2. The minimum atomic E-state index is -0.689. The SMILES string of the molecule is COC(=O)c1cc(NC(=O)COC(=O)c2cc(C)n(Cc3cccs3)c2C)cc(C(=O)OC)c1. The van der Waals surface area contributed by atoms with E-state index in [2.05, 4.69) is 14.8 Å². The van der Waals surface area contributed by atoms with Crippen LogP contribution in [0.3, 0.4) is 0 Å². The third-order valence-corrected chi connectivity index (χ3v) is 5.94. The number of esters is 3. The lowest BCUT2D eigenvalue weighted by Crippen LogP contribution is -2.21. The Balaban J connectivity index is 1.68. The molecule has 3 rings (SSSR count). The van der Waals surface area contributed by atoms with Crippen LogP contribution < -0.4 is 5.32 Å². The van der Waals surface area contributed by atoms with Crippen LogP contribution in [0, 0.1) is 13.8 Å². The maximum absolute atomic E-state index is 12.6. The molecule has 0 unspecified atom stereocenters. The van der Waals surface area contributed by atoms with Crippen molar-refractivity contribution in [2.45, 2.75) is 20.4 Å². The van der Waals surface area contributed by atoms with Crippen LogP contribution in [0.1, 0.15) is 47.3 Å². The fraction of sp³-hybridized carbons (Fsp3) is 0.250. The highest BCUT2D eigenvalue weighted by Crippen LogP contribution is 2.20. The number of aryl methyl sites for hydroxylation is 1. The summed E-state index contributed by atoms with van der Waals surface area (Å²) in [5, 5.41) is 4.51. The number of ether oxygens (including phenoxy) is 3. The molecule has 178 valence electrons. The van der Waals surface area contributed by atoms with Gasteiger partial charge in [0.2, 0.25) is 0 Å². The van der Waals surface area contributed by atoms with E-state index in [-0.39, 0.29) is 16.8 Å². The van der Waals surface area contributed by atoms with Crippen molar-refractivity contribution >= 4 is 40.8 Å². The van der Waals surface area contributed by atoms with Crippen molar-refractivity contribution in [2.24, 2.45) is 0 Å². The summed E-state index contributed by atoms with van der Waals surface area (Å²) < 4.78 is 16.6. The molecule has 0 fully saturated rings. The summed E-state index contributed by atoms with van der Waals surface area (Å²) in [6.07, 6.45) is 0. The van der Waals surface area contributed by atoms with E-state index in [4.69, 9.17) is 4.74 Å². The topological polar surface area (TPSA) is 113 Å². The summed E-state index contributed by atoms with van der Waals surface area (Å²) in [6, 6.07) is 9.70. The van der Waals surface area contributed by atoms with E-state index in [1.54, 1.807) is 17.4 Å². The second kappa shape index (κ2) is 10.8. The summed E-state index contributed by atoms with van der Waals surface area (Å²) in [7, 11) is 2.39. The van der Waals surface area contributed by atoms with Crippen LogP contribution in [0.4, 0.5) is 5.69 Å². The number of methoxy groups -OCH3 is 2. The molecule has 2 heterocycles. The van der Waals surface area contributed by atoms with Crippen LogP contribution in [0.15, 0.2) is 41.8 Å². The standard InChI is InChI=1S/C24H24N2O7S/c1-14-8-20(15(2)26(14)12-19-6-5-7-34-19)24(30)33-13-21(27)25-18-10-16(22(28)31-3)9-17(11-18)23(29)32-4/h5-11H,12-13H2,1-4H3,(H,25,27). The van der Waals surface area contributed by atoms with Gasteiger partial charge in [-0.25, -0.2) is 14.4 Å². The van der Waals surface area contributed by atoms with Gasteiger partial charge in [-0.3, -0.25) is 4.79 Å². The second-order valence-electron chi connectivity index (χ2n) is 7.36. The lowest BCUT2D eigenvalue weighted by molar-refractivity contribution is -0.119. The smallest absolute Gasteiger partial charge is 0.340 e. The van der Waals surface area contributed by atoms with Gasteiger partial charge < -0.3 is 24.1 Å². The van der Waals surface area contributed by atoms with Gasteiger partial charge in [-0.2, -0.15) is 0 Å². The van der Waals surface area contributed by atoms with Crippen LogP contribution in [0.2, 0.25) is 0 Å². The Bertz CT molecular complexity index is 1190. The van der Waals surface area contributed by atoms with Gasteiger partial charge in [0.15, 0.2) is 6.61 Å². The minimum absolute atomic E-state index is 0.0517. The maximum Gasteiger partial charge on any atom is 0.340 e. The lowest BCUT2D eigenvalue weighted by atomic mass is 10.1. The highest BCUT2D eigenvalue weighted by molar-refractivity contribution is 7.09. The van der Waals surface area contributed by atoms with Gasteiger partial charge in [-0.05, 0) is 49.6 Å². The van der Waals surface area contributed by atoms with E-state index < -0.39 is 30.4 Å². The third kappa shape index (κ3) is 5.70. The average molecular weight is 485 g/mol. The van der Waals surface area contributed by atoms with Gasteiger partial charge in [0.25, 0.3) is 5.91 Å². The number of nitrogens with zero attached hydrogens (tertiary/aromatic N) is 1. The Hall–Kier alpha value is -3.92. The molecule has 0 spiro atoms.